The highest BCUT2D eigenvalue weighted by Gasteiger charge is 2.34. The Labute approximate surface area is 182 Å². The lowest BCUT2D eigenvalue weighted by atomic mass is 10.3. The van der Waals surface area contributed by atoms with Gasteiger partial charge in [0.05, 0.1) is 6.10 Å². The van der Waals surface area contributed by atoms with Crippen LogP contribution in [0.25, 0.3) is 11.5 Å². The van der Waals surface area contributed by atoms with E-state index in [9.17, 15) is 31.4 Å². The number of aliphatic hydroxyl groups is 1. The van der Waals surface area contributed by atoms with Crippen LogP contribution >= 0.6 is 0 Å². The summed E-state index contributed by atoms with van der Waals surface area (Å²) in [4.78, 5) is 20.8. The van der Waals surface area contributed by atoms with Crippen molar-refractivity contribution in [1.82, 2.24) is 24.9 Å². The Kier molecular flexibility index (Phi) is 5.78. The van der Waals surface area contributed by atoms with Gasteiger partial charge in [0.1, 0.15) is 17.1 Å². The van der Waals surface area contributed by atoms with Crippen molar-refractivity contribution in [2.75, 3.05) is 23.3 Å². The Morgan fingerprint density at radius 2 is 1.70 bits per heavy atom. The maximum Gasteiger partial charge on any atom is 0.433 e. The van der Waals surface area contributed by atoms with Crippen LogP contribution in [0.4, 0.5) is 43.9 Å². The van der Waals surface area contributed by atoms with Crippen LogP contribution in [0.5, 0.6) is 0 Å². The molecule has 0 saturated carbocycles. The molecule has 0 aliphatic carbocycles. The molecule has 1 aliphatic heterocycles. The molecule has 0 amide bonds. The molecule has 4 heterocycles. The van der Waals surface area contributed by atoms with Crippen LogP contribution in [0.1, 0.15) is 17.8 Å². The van der Waals surface area contributed by atoms with Crippen molar-refractivity contribution in [1.29, 1.82) is 0 Å². The highest BCUT2D eigenvalue weighted by atomic mass is 19.4. The van der Waals surface area contributed by atoms with Gasteiger partial charge in [-0.25, -0.2) is 4.98 Å². The van der Waals surface area contributed by atoms with Crippen LogP contribution in [0.15, 0.2) is 36.5 Å². The normalized spacial score (nSPS) is 16.8. The van der Waals surface area contributed by atoms with Gasteiger partial charge < -0.3 is 15.3 Å². The number of β-amino-alcohol motifs (C(OH)–C–C–N with tert-alkyl or cyclic N) is 1. The molecule has 33 heavy (non-hydrogen) atoms. The fourth-order valence-corrected chi connectivity index (χ4v) is 3.11. The summed E-state index contributed by atoms with van der Waals surface area (Å²) >= 11 is 0. The molecule has 174 valence electrons. The summed E-state index contributed by atoms with van der Waals surface area (Å²) < 4.78 is 78.2. The number of pyridine rings is 2. The topological polar surface area (TPSA) is 100.0 Å². The molecule has 0 radical (unpaired) electrons. The average molecular weight is 471 g/mol. The number of hydrogen-bond acceptors (Lipinski definition) is 8. The first-order valence-corrected chi connectivity index (χ1v) is 9.53. The van der Waals surface area contributed by atoms with Gasteiger partial charge in [0.25, 0.3) is 0 Å². The van der Waals surface area contributed by atoms with E-state index >= 15 is 0 Å². The van der Waals surface area contributed by atoms with E-state index in [1.54, 1.807) is 4.90 Å². The van der Waals surface area contributed by atoms with Gasteiger partial charge >= 0.3 is 12.4 Å². The van der Waals surface area contributed by atoms with Gasteiger partial charge in [0, 0.05) is 25.0 Å². The number of hydrogen-bond donors (Lipinski definition) is 2. The first kappa shape index (κ1) is 22.6. The molecule has 2 N–H and O–H groups in total. The third-order valence-electron chi connectivity index (χ3n) is 4.64. The van der Waals surface area contributed by atoms with Crippen molar-refractivity contribution < 1.29 is 31.4 Å². The molecule has 0 spiro atoms. The number of aromatic nitrogens is 5. The smallest absolute Gasteiger partial charge is 0.391 e. The van der Waals surface area contributed by atoms with Crippen LogP contribution in [0.3, 0.4) is 0 Å². The molecule has 1 saturated heterocycles. The molecule has 1 aliphatic rings. The predicted molar refractivity (Wildman–Crippen MR) is 103 cm³/mol. The zero-order chi connectivity index (χ0) is 23.8. The van der Waals surface area contributed by atoms with Crippen molar-refractivity contribution in [3.8, 4) is 11.5 Å². The highest BCUT2D eigenvalue weighted by molar-refractivity contribution is 5.59. The van der Waals surface area contributed by atoms with E-state index in [2.05, 4.69) is 30.2 Å². The zero-order valence-electron chi connectivity index (χ0n) is 16.6. The SMILES string of the molecule is OC1CCN(c2nc(Nc3ccnc(C(F)(F)F)c3)nc(-c3cccc(C(F)(F)F)n3)n2)C1. The molecule has 3 aromatic heterocycles. The lowest BCUT2D eigenvalue weighted by molar-refractivity contribution is -0.141. The lowest BCUT2D eigenvalue weighted by Gasteiger charge is -2.17. The fraction of sp³-hybridized carbons (Fsp3) is 0.316. The van der Waals surface area contributed by atoms with E-state index in [1.807, 2.05) is 0 Å². The fourth-order valence-electron chi connectivity index (χ4n) is 3.11. The van der Waals surface area contributed by atoms with Crippen LogP contribution in [-0.4, -0.2) is 49.2 Å². The maximum absolute atomic E-state index is 13.1. The quantitative estimate of drug-likeness (QED) is 0.556. The number of alkyl halides is 6. The molecule has 3 aromatic rings. The van der Waals surface area contributed by atoms with E-state index < -0.39 is 29.8 Å². The van der Waals surface area contributed by atoms with Crippen LogP contribution < -0.4 is 10.2 Å². The molecule has 4 rings (SSSR count). The maximum atomic E-state index is 13.1. The Morgan fingerprint density at radius 1 is 0.939 bits per heavy atom. The Balaban J connectivity index is 1.75. The number of anilines is 3. The number of nitrogens with zero attached hydrogens (tertiary/aromatic N) is 6. The lowest BCUT2D eigenvalue weighted by Crippen LogP contribution is -2.24. The Hall–Kier alpha value is -3.55. The van der Waals surface area contributed by atoms with Crippen molar-refractivity contribution in [3.63, 3.8) is 0 Å². The van der Waals surface area contributed by atoms with Gasteiger partial charge in [-0.3, -0.25) is 4.98 Å². The number of halogens is 6. The second kappa shape index (κ2) is 8.42. The zero-order valence-corrected chi connectivity index (χ0v) is 16.6. The van der Waals surface area contributed by atoms with Gasteiger partial charge in [-0.2, -0.15) is 41.3 Å². The van der Waals surface area contributed by atoms with Crippen molar-refractivity contribution in [2.45, 2.75) is 24.9 Å². The minimum Gasteiger partial charge on any atom is -0.391 e. The molecule has 8 nitrogen and oxygen atoms in total. The first-order valence-electron chi connectivity index (χ1n) is 9.53. The van der Waals surface area contributed by atoms with Gasteiger partial charge in [-0.15, -0.1) is 0 Å². The molecule has 14 heteroatoms. The molecule has 0 bridgehead atoms. The van der Waals surface area contributed by atoms with Crippen LogP contribution in [0, 0.1) is 0 Å². The summed E-state index contributed by atoms with van der Waals surface area (Å²) in [5.41, 5.74) is -2.55. The second-order valence-electron chi connectivity index (χ2n) is 7.13. The van der Waals surface area contributed by atoms with E-state index in [0.29, 0.717) is 13.0 Å². The van der Waals surface area contributed by atoms with Gasteiger partial charge in [0.15, 0.2) is 5.82 Å². The van der Waals surface area contributed by atoms with Gasteiger partial charge in [-0.05, 0) is 30.7 Å². The third kappa shape index (κ3) is 5.27. The monoisotopic (exact) mass is 471 g/mol. The third-order valence-corrected chi connectivity index (χ3v) is 4.64. The van der Waals surface area contributed by atoms with Crippen molar-refractivity contribution in [2.24, 2.45) is 0 Å². The van der Waals surface area contributed by atoms with Crippen molar-refractivity contribution >= 4 is 17.6 Å². The largest absolute Gasteiger partial charge is 0.433 e. The standard InChI is InChI=1S/C19H15F6N7O/c20-18(21,22)13-3-1-2-12(28-13)15-29-16(31-17(30-15)32-7-5-11(33)9-32)27-10-4-6-26-14(8-10)19(23,24)25/h1-4,6,8,11,33H,5,7,9H2,(H,26,27,29,30,31). The predicted octanol–water partition coefficient (Wildman–Crippen LogP) is 3.68. The molecular weight excluding hydrogens is 456 g/mol. The van der Waals surface area contributed by atoms with Gasteiger partial charge in [0.2, 0.25) is 11.9 Å². The highest BCUT2D eigenvalue weighted by Crippen LogP contribution is 2.31. The van der Waals surface area contributed by atoms with E-state index in [-0.39, 0.29) is 35.6 Å². The first-order chi connectivity index (χ1) is 15.5. The van der Waals surface area contributed by atoms with Crippen LogP contribution in [-0.2, 0) is 12.4 Å². The summed E-state index contributed by atoms with van der Waals surface area (Å²) in [6.45, 7) is 0.542. The number of nitrogens with one attached hydrogen (secondary N) is 1. The minimum atomic E-state index is -4.70. The summed E-state index contributed by atoms with van der Waals surface area (Å²) in [7, 11) is 0. The molecular formula is C19H15F6N7O. The average Bonchev–Trinajstić information content (AvgIpc) is 3.19. The van der Waals surface area contributed by atoms with E-state index in [4.69, 9.17) is 0 Å². The summed E-state index contributed by atoms with van der Waals surface area (Å²) in [5, 5.41) is 12.4. The molecule has 0 aromatic carbocycles. The van der Waals surface area contributed by atoms with Gasteiger partial charge in [-0.1, -0.05) is 6.07 Å². The molecule has 1 unspecified atom stereocenters. The Bertz CT molecular complexity index is 1150. The van der Waals surface area contributed by atoms with Crippen LogP contribution in [0.2, 0.25) is 0 Å². The van der Waals surface area contributed by atoms with E-state index in [1.165, 1.54) is 12.1 Å². The molecule has 1 fully saturated rings. The van der Waals surface area contributed by atoms with E-state index in [0.717, 1.165) is 24.4 Å². The summed E-state index contributed by atoms with van der Waals surface area (Å²) in [6.07, 6.45) is -8.66. The summed E-state index contributed by atoms with van der Waals surface area (Å²) in [5.74, 6) is -0.404. The minimum absolute atomic E-state index is 0.0309. The second-order valence-corrected chi connectivity index (χ2v) is 7.13. The Morgan fingerprint density at radius 3 is 2.36 bits per heavy atom. The summed E-state index contributed by atoms with van der Waals surface area (Å²) in [6, 6.07) is 5.19. The number of aliphatic hydroxyl groups excluding tert-OH is 1. The number of rotatable bonds is 4. The molecule has 1 atom stereocenters. The van der Waals surface area contributed by atoms with Crippen molar-refractivity contribution in [3.05, 3.63) is 47.9 Å².